The third kappa shape index (κ3) is 4.16. The molecule has 2 aromatic carbocycles. The first-order valence-corrected chi connectivity index (χ1v) is 8.20. The molecule has 0 saturated carbocycles. The van der Waals surface area contributed by atoms with Gasteiger partial charge in [-0.1, -0.05) is 54.1 Å². The van der Waals surface area contributed by atoms with Crippen molar-refractivity contribution in [2.45, 2.75) is 18.1 Å². The number of carboxylic acids is 1. The van der Waals surface area contributed by atoms with Gasteiger partial charge in [-0.3, -0.25) is 4.79 Å². The topological polar surface area (TPSA) is 74.6 Å². The maximum absolute atomic E-state index is 11.0. The van der Waals surface area contributed by atoms with Crippen molar-refractivity contribution in [2.24, 2.45) is 0 Å². The number of hydrogen-bond donors (Lipinski definition) is 2. The van der Waals surface area contributed by atoms with E-state index in [4.69, 9.17) is 21.3 Å². The zero-order valence-electron chi connectivity index (χ0n) is 11.6. The number of rotatable bonds is 6. The Balaban J connectivity index is 2.08. The number of halogens is 1. The first kappa shape index (κ1) is 16.7. The molecule has 0 heterocycles. The number of carboxylic acid groups (broad SMARTS) is 1. The van der Waals surface area contributed by atoms with E-state index in [9.17, 15) is 9.00 Å². The van der Waals surface area contributed by atoms with Crippen LogP contribution in [0.1, 0.15) is 12.0 Å². The molecule has 2 unspecified atom stereocenters. The number of benzene rings is 2. The third-order valence-electron chi connectivity index (χ3n) is 3.35. The van der Waals surface area contributed by atoms with Crippen LogP contribution < -0.4 is 0 Å². The zero-order valence-corrected chi connectivity index (χ0v) is 13.2. The highest BCUT2D eigenvalue weighted by Crippen LogP contribution is 2.27. The lowest BCUT2D eigenvalue weighted by atomic mass is 10.0. The summed E-state index contributed by atoms with van der Waals surface area (Å²) in [6, 6.07) is 15.1. The summed E-state index contributed by atoms with van der Waals surface area (Å²) in [7, 11) is 0. The van der Waals surface area contributed by atoms with Crippen LogP contribution in [-0.2, 0) is 22.3 Å². The van der Waals surface area contributed by atoms with Crippen LogP contribution in [0.3, 0.4) is 0 Å². The summed E-state index contributed by atoms with van der Waals surface area (Å²) >= 11 is 3.78. The Morgan fingerprint density at radius 1 is 1.14 bits per heavy atom. The van der Waals surface area contributed by atoms with Crippen molar-refractivity contribution in [3.05, 3.63) is 59.1 Å². The van der Waals surface area contributed by atoms with E-state index in [-0.39, 0.29) is 6.42 Å². The fraction of sp³-hybridized carbons (Fsp3) is 0.188. The van der Waals surface area contributed by atoms with E-state index >= 15 is 0 Å². The molecule has 2 aromatic rings. The van der Waals surface area contributed by atoms with Crippen LogP contribution in [-0.4, -0.2) is 25.1 Å². The molecule has 0 fully saturated rings. The van der Waals surface area contributed by atoms with Gasteiger partial charge in [-0.2, -0.15) is 0 Å². The van der Waals surface area contributed by atoms with Gasteiger partial charge in [-0.05, 0) is 30.0 Å². The van der Waals surface area contributed by atoms with Crippen LogP contribution >= 0.6 is 11.6 Å². The van der Waals surface area contributed by atoms with E-state index in [0.717, 1.165) is 16.7 Å². The highest BCUT2D eigenvalue weighted by atomic mass is 35.5. The lowest BCUT2D eigenvalue weighted by Gasteiger charge is -2.09. The summed E-state index contributed by atoms with van der Waals surface area (Å²) in [6.07, 6.45) is 0.538. The molecule has 0 aliphatic carbocycles. The molecule has 4 nitrogen and oxygen atoms in total. The zero-order chi connectivity index (χ0) is 16.1. The van der Waals surface area contributed by atoms with Crippen molar-refractivity contribution in [1.82, 2.24) is 0 Å². The van der Waals surface area contributed by atoms with Crippen LogP contribution in [0.15, 0.2) is 48.5 Å². The second-order valence-corrected chi connectivity index (χ2v) is 6.35. The molecule has 22 heavy (non-hydrogen) atoms. The third-order valence-corrected chi connectivity index (χ3v) is 4.61. The Kier molecular flexibility index (Phi) is 5.71. The molecule has 2 rings (SSSR count). The molecule has 0 aliphatic rings. The maximum atomic E-state index is 11.0. The van der Waals surface area contributed by atoms with Crippen LogP contribution in [0.5, 0.6) is 0 Å². The first-order chi connectivity index (χ1) is 10.5. The van der Waals surface area contributed by atoms with Gasteiger partial charge in [0, 0.05) is 10.6 Å². The number of hydrogen-bond acceptors (Lipinski definition) is 2. The van der Waals surface area contributed by atoms with Crippen LogP contribution in [0.4, 0.5) is 0 Å². The highest BCUT2D eigenvalue weighted by molar-refractivity contribution is 7.80. The van der Waals surface area contributed by atoms with Crippen LogP contribution in [0, 0.1) is 0 Å². The Morgan fingerprint density at radius 2 is 1.77 bits per heavy atom. The molecule has 6 heteroatoms. The largest absolute Gasteiger partial charge is 0.480 e. The molecular formula is C16H15ClO4S. The number of carbonyl (C=O) groups is 1. The van der Waals surface area contributed by atoms with Crippen LogP contribution in [0.2, 0.25) is 5.02 Å². The fourth-order valence-electron chi connectivity index (χ4n) is 2.15. The van der Waals surface area contributed by atoms with Gasteiger partial charge in [-0.15, -0.1) is 0 Å². The van der Waals surface area contributed by atoms with Gasteiger partial charge in [0.1, 0.15) is 0 Å². The summed E-state index contributed by atoms with van der Waals surface area (Å²) in [6.45, 7) is 0. The lowest BCUT2D eigenvalue weighted by Crippen LogP contribution is -2.25. The second kappa shape index (κ2) is 7.54. The highest BCUT2D eigenvalue weighted by Gasteiger charge is 2.23. The van der Waals surface area contributed by atoms with Crippen molar-refractivity contribution in [1.29, 1.82) is 0 Å². The minimum atomic E-state index is -2.36. The summed E-state index contributed by atoms with van der Waals surface area (Å²) in [4.78, 5) is 10.9. The van der Waals surface area contributed by atoms with Crippen molar-refractivity contribution in [3.8, 4) is 11.1 Å². The summed E-state index contributed by atoms with van der Waals surface area (Å²) in [5.41, 5.74) is 2.80. The average Bonchev–Trinajstić information content (AvgIpc) is 2.48. The SMILES string of the molecule is O=C(O)C(CCc1ccc(-c2ccccc2Cl)cc1)S(=O)O. The van der Waals surface area contributed by atoms with Crippen molar-refractivity contribution >= 4 is 28.7 Å². The van der Waals surface area contributed by atoms with Gasteiger partial charge in [0.05, 0.1) is 0 Å². The summed E-state index contributed by atoms with van der Waals surface area (Å²) < 4.78 is 19.9. The molecule has 0 aliphatic heterocycles. The molecule has 2 N–H and O–H groups in total. The monoisotopic (exact) mass is 338 g/mol. The van der Waals surface area contributed by atoms with Gasteiger partial charge in [0.15, 0.2) is 16.3 Å². The molecular weight excluding hydrogens is 324 g/mol. The van der Waals surface area contributed by atoms with Gasteiger partial charge < -0.3 is 9.66 Å². The molecule has 116 valence electrons. The minimum absolute atomic E-state index is 0.115. The molecule has 0 aromatic heterocycles. The first-order valence-electron chi connectivity index (χ1n) is 6.65. The van der Waals surface area contributed by atoms with Gasteiger partial charge in [-0.25, -0.2) is 4.21 Å². The summed E-state index contributed by atoms with van der Waals surface area (Å²) in [5, 5.41) is 8.28. The van der Waals surface area contributed by atoms with E-state index in [1.165, 1.54) is 0 Å². The van der Waals surface area contributed by atoms with Crippen molar-refractivity contribution < 1.29 is 18.7 Å². The van der Waals surface area contributed by atoms with Gasteiger partial charge in [0.2, 0.25) is 0 Å². The molecule has 0 saturated heterocycles. The Labute approximate surface area is 136 Å². The number of aliphatic carboxylic acids is 1. The molecule has 0 amide bonds. The predicted octanol–water partition coefficient (Wildman–Crippen LogP) is 3.61. The molecule has 2 atom stereocenters. The van der Waals surface area contributed by atoms with Crippen LogP contribution in [0.25, 0.3) is 11.1 Å². The Morgan fingerprint density at radius 3 is 2.32 bits per heavy atom. The van der Waals surface area contributed by atoms with Gasteiger partial charge in [0.25, 0.3) is 0 Å². The van der Waals surface area contributed by atoms with E-state index in [1.807, 2.05) is 48.5 Å². The quantitative estimate of drug-likeness (QED) is 0.789. The van der Waals surface area contributed by atoms with E-state index in [2.05, 4.69) is 0 Å². The maximum Gasteiger partial charge on any atom is 0.321 e. The smallest absolute Gasteiger partial charge is 0.321 e. The molecule has 0 bridgehead atoms. The second-order valence-electron chi connectivity index (χ2n) is 4.82. The van der Waals surface area contributed by atoms with E-state index in [0.29, 0.717) is 11.4 Å². The average molecular weight is 339 g/mol. The minimum Gasteiger partial charge on any atom is -0.480 e. The summed E-state index contributed by atoms with van der Waals surface area (Å²) in [5.74, 6) is -1.26. The number of aryl methyl sites for hydroxylation is 1. The van der Waals surface area contributed by atoms with Gasteiger partial charge >= 0.3 is 5.97 Å². The standard InChI is InChI=1S/C16H15ClO4S/c17-14-4-2-1-3-13(14)12-8-5-11(6-9-12)7-10-15(16(18)19)22(20)21/h1-6,8-9,15H,7,10H2,(H,18,19)(H,20,21). The van der Waals surface area contributed by atoms with Crippen molar-refractivity contribution in [3.63, 3.8) is 0 Å². The fourth-order valence-corrected chi connectivity index (χ4v) is 2.89. The lowest BCUT2D eigenvalue weighted by molar-refractivity contribution is -0.136. The molecule has 0 spiro atoms. The van der Waals surface area contributed by atoms with Crippen molar-refractivity contribution in [2.75, 3.05) is 0 Å². The Hall–Kier alpha value is -1.69. The predicted molar refractivity (Wildman–Crippen MR) is 87.4 cm³/mol. The molecule has 0 radical (unpaired) electrons. The van der Waals surface area contributed by atoms with E-state index in [1.54, 1.807) is 0 Å². The van der Waals surface area contributed by atoms with E-state index < -0.39 is 22.3 Å². The Bertz CT molecular complexity index is 671. The normalized spacial score (nSPS) is 13.5.